The maximum Gasteiger partial charge on any atom is 0.168 e. The average molecular weight is 1100 g/mol. The third kappa shape index (κ3) is 7.91. The van der Waals surface area contributed by atoms with Gasteiger partial charge in [0.1, 0.15) is 11.5 Å². The molecule has 10 aromatic carbocycles. The Labute approximate surface area is 433 Å². The number of anilines is 3. The van der Waals surface area contributed by atoms with Gasteiger partial charge in [-0.05, 0) is 69.1 Å². The molecule has 0 bridgehead atoms. The van der Waals surface area contributed by atoms with E-state index in [4.69, 9.17) is 4.98 Å². The van der Waals surface area contributed by atoms with Crippen LogP contribution < -0.4 is 4.90 Å². The number of imidazole rings is 1. The molecule has 0 atom stereocenters. The van der Waals surface area contributed by atoms with Gasteiger partial charge in [0.15, 0.2) is 17.4 Å². The van der Waals surface area contributed by atoms with Gasteiger partial charge in [0.2, 0.25) is 0 Å². The summed E-state index contributed by atoms with van der Waals surface area (Å²) < 4.78 is 6.76. The van der Waals surface area contributed by atoms with Crippen LogP contribution in [-0.4, -0.2) is 18.7 Å². The molecular weight excluding hydrogens is 1060 g/mol. The second-order valence-corrected chi connectivity index (χ2v) is 17.6. The Morgan fingerprint density at radius 3 is 1.57 bits per heavy atom. The number of pyridine rings is 1. The molecule has 0 amide bonds. The Morgan fingerprint density at radius 2 is 0.903 bits per heavy atom. The van der Waals surface area contributed by atoms with Crippen molar-refractivity contribution < 1.29 is 21.1 Å². The maximum atomic E-state index is 5.12. The number of nitrogens with zero attached hydrogens (tertiary/aromatic N) is 5. The number of hydrogen-bond donors (Lipinski definition) is 0. The van der Waals surface area contributed by atoms with Crippen molar-refractivity contribution in [1.29, 1.82) is 0 Å². The van der Waals surface area contributed by atoms with Crippen LogP contribution in [0.3, 0.4) is 0 Å². The third-order valence-corrected chi connectivity index (χ3v) is 13.5. The van der Waals surface area contributed by atoms with Crippen LogP contribution in [-0.2, 0) is 21.1 Å². The van der Waals surface area contributed by atoms with Gasteiger partial charge in [-0.1, -0.05) is 205 Å². The van der Waals surface area contributed by atoms with Gasteiger partial charge >= 0.3 is 0 Å². The predicted octanol–water partition coefficient (Wildman–Crippen LogP) is 16.9. The molecule has 13 aromatic rings. The van der Waals surface area contributed by atoms with Gasteiger partial charge in [-0.2, -0.15) is 16.7 Å². The first-order valence-corrected chi connectivity index (χ1v) is 24.0. The number of hydrogen-bond acceptors (Lipinski definition) is 2. The van der Waals surface area contributed by atoms with Crippen molar-refractivity contribution >= 4 is 49.9 Å². The molecule has 3 aromatic heterocycles. The summed E-state index contributed by atoms with van der Waals surface area (Å²) in [6, 6.07) is 98.1. The van der Waals surface area contributed by atoms with Gasteiger partial charge in [0.05, 0.1) is 5.69 Å². The van der Waals surface area contributed by atoms with Crippen LogP contribution in [0, 0.1) is 12.1 Å². The fourth-order valence-corrected chi connectivity index (χ4v) is 10.2. The molecule has 0 aliphatic heterocycles. The molecule has 0 radical (unpaired) electrons. The summed E-state index contributed by atoms with van der Waals surface area (Å²) in [5.74, 6) is 0.811. The van der Waals surface area contributed by atoms with Gasteiger partial charge in [-0.3, -0.25) is 0 Å². The van der Waals surface area contributed by atoms with Crippen LogP contribution in [0.4, 0.5) is 17.1 Å². The molecule has 72 heavy (non-hydrogen) atoms. The van der Waals surface area contributed by atoms with Crippen molar-refractivity contribution in [3.63, 3.8) is 0 Å². The van der Waals surface area contributed by atoms with Crippen molar-refractivity contribution in [2.75, 3.05) is 4.90 Å². The van der Waals surface area contributed by atoms with E-state index in [1.165, 1.54) is 11.1 Å². The molecule has 0 aliphatic carbocycles. The van der Waals surface area contributed by atoms with Gasteiger partial charge in [0, 0.05) is 61.7 Å². The minimum absolute atomic E-state index is 0. The summed E-state index contributed by atoms with van der Waals surface area (Å²) in [5.41, 5.74) is 17.8. The number of para-hydroxylation sites is 5. The molecular formula is C66H44N5Pt-. The van der Waals surface area contributed by atoms with Crippen molar-refractivity contribution in [2.24, 2.45) is 0 Å². The van der Waals surface area contributed by atoms with Crippen LogP contribution in [0.2, 0.25) is 0 Å². The van der Waals surface area contributed by atoms with Crippen LogP contribution >= 0.6 is 0 Å². The number of benzene rings is 10. The Balaban J connectivity index is 0.00000530. The third-order valence-electron chi connectivity index (χ3n) is 13.5. The van der Waals surface area contributed by atoms with Gasteiger partial charge in [0.25, 0.3) is 0 Å². The summed E-state index contributed by atoms with van der Waals surface area (Å²) in [4.78, 5) is 7.47. The van der Waals surface area contributed by atoms with E-state index in [9.17, 15) is 0 Å². The van der Waals surface area contributed by atoms with Crippen molar-refractivity contribution in [3.8, 4) is 61.7 Å². The minimum Gasteiger partial charge on any atom is -0.357 e. The van der Waals surface area contributed by atoms with E-state index >= 15 is 0 Å². The van der Waals surface area contributed by atoms with E-state index in [2.05, 4.69) is 292 Å². The monoisotopic (exact) mass is 1100 g/mol. The van der Waals surface area contributed by atoms with Crippen molar-refractivity contribution in [2.45, 2.75) is 0 Å². The average Bonchev–Trinajstić information content (AvgIpc) is 4.01. The Kier molecular flexibility index (Phi) is 11.8. The molecule has 0 aliphatic rings. The molecule has 3 heterocycles. The largest absolute Gasteiger partial charge is 0.357 e. The summed E-state index contributed by atoms with van der Waals surface area (Å²) >= 11 is 0. The fraction of sp³-hybridized carbons (Fsp3) is 0. The summed E-state index contributed by atoms with van der Waals surface area (Å²) in [7, 11) is 0. The minimum atomic E-state index is 0. The molecule has 13 rings (SSSR count). The summed E-state index contributed by atoms with van der Waals surface area (Å²) in [6.07, 6.45) is 4.10. The standard InChI is InChI=1S/C66H44N5.Pt/c1-5-21-47(22-6-1)55-31-13-14-32-56(55)50-41-42-67-65(43-50)71-61-36-16-15-33-59(61)60-40-39-54(45-64(60)71)70(66-57(48-23-7-2-8-24-48)34-20-35-58(66)49-25-9-3-10-26-49)53-30-19-29-52(44-53)69-46-68(51-27-11-4-12-28-51)62-37-17-18-38-63(62)69;/h1-43,46H;/q-1;. The van der Waals surface area contributed by atoms with Gasteiger partial charge in [-0.15, -0.1) is 29.7 Å². The Hall–Kier alpha value is -8.89. The molecule has 0 unspecified atom stereocenters. The number of aromatic nitrogens is 4. The van der Waals surface area contributed by atoms with Crippen molar-refractivity contribution in [3.05, 3.63) is 279 Å². The second kappa shape index (κ2) is 19.1. The second-order valence-electron chi connectivity index (χ2n) is 17.6. The SMILES string of the molecule is [Pt].[c-]1c(N(c2[c-]c3c(cc2)c2ccccc2n3-c2cc(-c3ccccc3-c3ccccc3)ccn2)c2c(-c3ccccc3)cccc2-c2ccccc2)cccc1-n1[cH+]n(-c2ccccc2)c2ccccc21. The fourth-order valence-electron chi connectivity index (χ4n) is 10.2. The van der Waals surface area contributed by atoms with Crippen molar-refractivity contribution in [1.82, 2.24) is 18.7 Å². The van der Waals surface area contributed by atoms with E-state index in [1.807, 2.05) is 6.20 Å². The normalized spacial score (nSPS) is 11.2. The van der Waals surface area contributed by atoms with Gasteiger partial charge < -0.3 is 9.47 Å². The molecule has 0 saturated carbocycles. The molecule has 0 saturated heterocycles. The summed E-state index contributed by atoms with van der Waals surface area (Å²) in [6.45, 7) is 0. The van der Waals surface area contributed by atoms with Crippen LogP contribution in [0.15, 0.2) is 267 Å². The zero-order valence-electron chi connectivity index (χ0n) is 39.0. The first-order chi connectivity index (χ1) is 35.2. The summed E-state index contributed by atoms with van der Waals surface area (Å²) in [5, 5.41) is 2.21. The van der Waals surface area contributed by atoms with Crippen LogP contribution in [0.25, 0.3) is 94.5 Å². The van der Waals surface area contributed by atoms with E-state index in [0.717, 1.165) is 100 Å². The Bertz CT molecular complexity index is 4000. The maximum absolute atomic E-state index is 5.12. The quantitative estimate of drug-likeness (QED) is 0.128. The Morgan fingerprint density at radius 1 is 0.389 bits per heavy atom. The number of rotatable bonds is 10. The molecule has 0 spiro atoms. The van der Waals surface area contributed by atoms with Crippen LogP contribution in [0.1, 0.15) is 0 Å². The van der Waals surface area contributed by atoms with Crippen LogP contribution in [0.5, 0.6) is 0 Å². The van der Waals surface area contributed by atoms with Gasteiger partial charge in [-0.25, -0.2) is 9.55 Å². The zero-order chi connectivity index (χ0) is 47.1. The van der Waals surface area contributed by atoms with E-state index in [0.29, 0.717) is 0 Å². The van der Waals surface area contributed by atoms with E-state index < -0.39 is 0 Å². The number of fused-ring (bicyclic) bond motifs is 4. The topological polar surface area (TPSA) is 30.9 Å². The smallest absolute Gasteiger partial charge is 0.168 e. The molecule has 0 N–H and O–H groups in total. The predicted molar refractivity (Wildman–Crippen MR) is 293 cm³/mol. The first-order valence-electron chi connectivity index (χ1n) is 24.0. The van der Waals surface area contributed by atoms with E-state index in [1.54, 1.807) is 0 Å². The molecule has 5 nitrogen and oxygen atoms in total. The van der Waals surface area contributed by atoms with E-state index in [-0.39, 0.29) is 21.1 Å². The molecule has 344 valence electrons. The zero-order valence-corrected chi connectivity index (χ0v) is 41.2. The first kappa shape index (κ1) is 44.3. The molecule has 6 heteroatoms. The molecule has 0 fully saturated rings.